The lowest BCUT2D eigenvalue weighted by atomic mass is 9.51. The number of amides is 2. The fraction of sp³-hybridized carbons (Fsp3) is 0.680. The van der Waals surface area contributed by atoms with E-state index in [1.165, 1.54) is 0 Å². The maximum absolute atomic E-state index is 12.9. The Morgan fingerprint density at radius 2 is 1.87 bits per heavy atom. The Morgan fingerprint density at radius 3 is 2.48 bits per heavy atom. The summed E-state index contributed by atoms with van der Waals surface area (Å²) in [6, 6.07) is 7.73. The largest absolute Gasteiger partial charge is 0.497 e. The average Bonchev–Trinajstić information content (AvgIpc) is 2.74. The van der Waals surface area contributed by atoms with Crippen LogP contribution in [0.2, 0.25) is 0 Å². The van der Waals surface area contributed by atoms with Crippen LogP contribution in [-0.4, -0.2) is 36.2 Å². The normalized spacial score (nSPS) is 33.7. The number of ether oxygens (including phenoxy) is 1. The molecule has 0 unspecified atom stereocenters. The van der Waals surface area contributed by atoms with Crippen molar-refractivity contribution in [2.45, 2.75) is 72.1 Å². The zero-order valence-electron chi connectivity index (χ0n) is 19.5. The molecule has 6 heteroatoms. The highest BCUT2D eigenvalue weighted by Gasteiger charge is 2.53. The molecule has 0 heterocycles. The van der Waals surface area contributed by atoms with Crippen LogP contribution in [-0.2, 0) is 16.1 Å². The Hall–Kier alpha value is -2.08. The van der Waals surface area contributed by atoms with Crippen LogP contribution in [0.4, 0.5) is 0 Å². The summed E-state index contributed by atoms with van der Waals surface area (Å²) >= 11 is 0. The van der Waals surface area contributed by atoms with Gasteiger partial charge in [-0.15, -0.1) is 0 Å². The number of methoxy groups -OCH3 is 1. The van der Waals surface area contributed by atoms with Gasteiger partial charge in [0.25, 0.3) is 0 Å². The predicted octanol–water partition coefficient (Wildman–Crippen LogP) is 3.28. The molecule has 0 aliphatic heterocycles. The van der Waals surface area contributed by atoms with Gasteiger partial charge in [-0.1, -0.05) is 32.9 Å². The number of nitrogens with one attached hydrogen (secondary N) is 2. The molecule has 0 radical (unpaired) electrons. The highest BCUT2D eigenvalue weighted by Crippen LogP contribution is 2.55. The molecule has 7 atom stereocenters. The molecular weight excluding hydrogens is 392 g/mol. The van der Waals surface area contributed by atoms with Crippen LogP contribution in [0, 0.1) is 29.1 Å². The standard InChI is InChI=1S/C25H38N2O4/c1-15(24(30)26-14-18-6-8-19(31-5)9-7-18)20-10-12-25(4)13-11-21(27-17(3)28)16(2)22(25)23(20)29/h6-9,15-16,20-23,29H,10-14H2,1-5H3,(H,26,30)(H,27,28)/t15-,16+,20+,21-,22+,23-,25-/m0/s1. The third-order valence-corrected chi connectivity index (χ3v) is 7.96. The molecule has 0 bridgehead atoms. The van der Waals surface area contributed by atoms with Gasteiger partial charge in [0.05, 0.1) is 13.2 Å². The number of carbonyl (C=O) groups is 2. The zero-order valence-corrected chi connectivity index (χ0v) is 19.5. The lowest BCUT2D eigenvalue weighted by Crippen LogP contribution is -2.58. The first kappa shape index (κ1) is 23.6. The molecule has 2 aliphatic carbocycles. The number of hydrogen-bond donors (Lipinski definition) is 3. The molecule has 6 nitrogen and oxygen atoms in total. The lowest BCUT2D eigenvalue weighted by molar-refractivity contribution is -0.143. The first-order valence-electron chi connectivity index (χ1n) is 11.5. The molecular formula is C25H38N2O4. The highest BCUT2D eigenvalue weighted by atomic mass is 16.5. The number of aliphatic hydroxyl groups excluding tert-OH is 1. The van der Waals surface area contributed by atoms with E-state index in [0.717, 1.165) is 37.0 Å². The molecule has 3 rings (SSSR count). The van der Waals surface area contributed by atoms with Crippen molar-refractivity contribution in [3.05, 3.63) is 29.8 Å². The van der Waals surface area contributed by atoms with E-state index in [-0.39, 0.29) is 46.9 Å². The summed E-state index contributed by atoms with van der Waals surface area (Å²) in [6.45, 7) is 8.35. The number of rotatable bonds is 6. The fourth-order valence-electron chi connectivity index (χ4n) is 6.05. The van der Waals surface area contributed by atoms with Crippen LogP contribution >= 0.6 is 0 Å². The minimum absolute atomic E-state index is 0.0198. The van der Waals surface area contributed by atoms with Crippen molar-refractivity contribution in [3.63, 3.8) is 0 Å². The van der Waals surface area contributed by atoms with Crippen molar-refractivity contribution in [1.82, 2.24) is 10.6 Å². The molecule has 0 saturated heterocycles. The van der Waals surface area contributed by atoms with E-state index >= 15 is 0 Å². The SMILES string of the molecule is COc1ccc(CNC(=O)[C@@H](C)[C@H]2CC[C@@]3(C)CC[C@H](NC(C)=O)[C@@H](C)[C@@H]3[C@H]2O)cc1. The van der Waals surface area contributed by atoms with E-state index in [2.05, 4.69) is 24.5 Å². The van der Waals surface area contributed by atoms with E-state index in [0.29, 0.717) is 6.54 Å². The van der Waals surface area contributed by atoms with Crippen LogP contribution < -0.4 is 15.4 Å². The van der Waals surface area contributed by atoms with Gasteiger partial charge in [0.2, 0.25) is 11.8 Å². The smallest absolute Gasteiger partial charge is 0.223 e. The van der Waals surface area contributed by atoms with Crippen molar-refractivity contribution < 1.29 is 19.4 Å². The van der Waals surface area contributed by atoms with Gasteiger partial charge in [-0.2, -0.15) is 0 Å². The van der Waals surface area contributed by atoms with Crippen LogP contribution in [0.15, 0.2) is 24.3 Å². The average molecular weight is 431 g/mol. The number of fused-ring (bicyclic) bond motifs is 1. The van der Waals surface area contributed by atoms with E-state index < -0.39 is 6.10 Å². The van der Waals surface area contributed by atoms with Crippen molar-refractivity contribution in [2.75, 3.05) is 7.11 Å². The zero-order chi connectivity index (χ0) is 22.8. The second-order valence-corrected chi connectivity index (χ2v) is 9.93. The summed E-state index contributed by atoms with van der Waals surface area (Å²) in [4.78, 5) is 24.5. The minimum atomic E-state index is -0.549. The molecule has 1 aromatic carbocycles. The van der Waals surface area contributed by atoms with Gasteiger partial charge in [0.15, 0.2) is 0 Å². The predicted molar refractivity (Wildman–Crippen MR) is 120 cm³/mol. The molecule has 2 aliphatic rings. The van der Waals surface area contributed by atoms with Gasteiger partial charge in [-0.3, -0.25) is 9.59 Å². The minimum Gasteiger partial charge on any atom is -0.497 e. The van der Waals surface area contributed by atoms with E-state index in [1.807, 2.05) is 31.2 Å². The summed E-state index contributed by atoms with van der Waals surface area (Å²) in [5.74, 6) is 0.650. The summed E-state index contributed by atoms with van der Waals surface area (Å²) in [5.41, 5.74) is 1.07. The summed E-state index contributed by atoms with van der Waals surface area (Å²) in [5, 5.41) is 17.5. The molecule has 2 saturated carbocycles. The Labute approximate surface area is 186 Å². The van der Waals surface area contributed by atoms with Crippen molar-refractivity contribution in [2.24, 2.45) is 29.1 Å². The second kappa shape index (κ2) is 9.60. The topological polar surface area (TPSA) is 87.7 Å². The molecule has 2 amide bonds. The highest BCUT2D eigenvalue weighted by molar-refractivity contribution is 5.78. The van der Waals surface area contributed by atoms with Crippen LogP contribution in [0.3, 0.4) is 0 Å². The number of aliphatic hydroxyl groups is 1. The third kappa shape index (κ3) is 5.05. The van der Waals surface area contributed by atoms with Gasteiger partial charge in [0.1, 0.15) is 5.75 Å². The maximum Gasteiger partial charge on any atom is 0.223 e. The Bertz CT molecular complexity index is 780. The summed E-state index contributed by atoms with van der Waals surface area (Å²) in [6.07, 6.45) is 3.25. The van der Waals surface area contributed by atoms with E-state index in [1.54, 1.807) is 14.0 Å². The van der Waals surface area contributed by atoms with E-state index in [9.17, 15) is 14.7 Å². The first-order chi connectivity index (χ1) is 14.7. The lowest BCUT2D eigenvalue weighted by Gasteiger charge is -2.56. The summed E-state index contributed by atoms with van der Waals surface area (Å²) < 4.78 is 5.17. The Morgan fingerprint density at radius 1 is 1.23 bits per heavy atom. The molecule has 31 heavy (non-hydrogen) atoms. The first-order valence-corrected chi connectivity index (χ1v) is 11.5. The van der Waals surface area contributed by atoms with Gasteiger partial charge in [0, 0.05) is 25.4 Å². The number of carbonyl (C=O) groups excluding carboxylic acids is 2. The van der Waals surface area contributed by atoms with Gasteiger partial charge in [-0.25, -0.2) is 0 Å². The number of hydrogen-bond acceptors (Lipinski definition) is 4. The van der Waals surface area contributed by atoms with Crippen LogP contribution in [0.25, 0.3) is 0 Å². The third-order valence-electron chi connectivity index (χ3n) is 7.96. The van der Waals surface area contributed by atoms with Crippen molar-refractivity contribution in [1.29, 1.82) is 0 Å². The molecule has 2 fully saturated rings. The molecule has 1 aromatic rings. The van der Waals surface area contributed by atoms with Gasteiger partial charge in [-0.05, 0) is 66.5 Å². The molecule has 0 aromatic heterocycles. The maximum atomic E-state index is 12.9. The molecule has 172 valence electrons. The molecule has 3 N–H and O–H groups in total. The second-order valence-electron chi connectivity index (χ2n) is 9.93. The van der Waals surface area contributed by atoms with Gasteiger partial charge >= 0.3 is 0 Å². The Balaban J connectivity index is 1.65. The fourth-order valence-corrected chi connectivity index (χ4v) is 6.05. The van der Waals surface area contributed by atoms with Crippen molar-refractivity contribution >= 4 is 11.8 Å². The van der Waals surface area contributed by atoms with E-state index in [4.69, 9.17) is 4.74 Å². The monoisotopic (exact) mass is 430 g/mol. The quantitative estimate of drug-likeness (QED) is 0.646. The molecule has 0 spiro atoms. The van der Waals surface area contributed by atoms with Crippen molar-refractivity contribution in [3.8, 4) is 5.75 Å². The van der Waals surface area contributed by atoms with Crippen LogP contribution in [0.1, 0.15) is 58.9 Å². The van der Waals surface area contributed by atoms with Gasteiger partial charge < -0.3 is 20.5 Å². The number of benzene rings is 1. The van der Waals surface area contributed by atoms with Crippen LogP contribution in [0.5, 0.6) is 5.75 Å². The Kier molecular flexibility index (Phi) is 7.30. The summed E-state index contributed by atoms with van der Waals surface area (Å²) in [7, 11) is 1.63.